The molecule has 0 bridgehead atoms. The number of carbonyl (C=O) groups is 2. The van der Waals surface area contributed by atoms with Crippen molar-refractivity contribution >= 4 is 23.6 Å². The van der Waals surface area contributed by atoms with Crippen LogP contribution in [-0.2, 0) is 4.79 Å². The van der Waals surface area contributed by atoms with Crippen molar-refractivity contribution < 1.29 is 19.1 Å². The van der Waals surface area contributed by atoms with Crippen molar-refractivity contribution in [1.82, 2.24) is 4.90 Å². The number of hydrogen-bond acceptors (Lipinski definition) is 4. The van der Waals surface area contributed by atoms with Gasteiger partial charge >= 0.3 is 5.97 Å². The van der Waals surface area contributed by atoms with Gasteiger partial charge in [-0.15, -0.1) is 11.8 Å². The fourth-order valence-corrected chi connectivity index (χ4v) is 3.22. The molecule has 2 unspecified atom stereocenters. The molecule has 17 heavy (non-hydrogen) atoms. The van der Waals surface area contributed by atoms with Crippen LogP contribution in [0.3, 0.4) is 0 Å². The zero-order valence-corrected chi connectivity index (χ0v) is 10.1. The lowest BCUT2D eigenvalue weighted by atomic mass is 10.2. The van der Waals surface area contributed by atoms with Crippen LogP contribution >= 0.6 is 11.8 Å². The first-order valence-electron chi connectivity index (χ1n) is 5.34. The zero-order chi connectivity index (χ0) is 12.4. The lowest BCUT2D eigenvalue weighted by molar-refractivity contribution is -0.141. The highest BCUT2D eigenvalue weighted by Crippen LogP contribution is 2.32. The average molecular weight is 255 g/mol. The van der Waals surface area contributed by atoms with E-state index in [1.165, 1.54) is 29.2 Å². The van der Waals surface area contributed by atoms with Gasteiger partial charge in [0.15, 0.2) is 0 Å². The van der Waals surface area contributed by atoms with Crippen molar-refractivity contribution in [2.24, 2.45) is 0 Å². The van der Waals surface area contributed by atoms with Crippen LogP contribution in [0, 0.1) is 0 Å². The number of hydrogen-bond donors (Lipinski definition) is 1. The summed E-state index contributed by atoms with van der Waals surface area (Å²) in [5, 5.41) is 9.04. The highest BCUT2D eigenvalue weighted by molar-refractivity contribution is 8.00. The van der Waals surface area contributed by atoms with Gasteiger partial charge in [-0.2, -0.15) is 0 Å². The maximum Gasteiger partial charge on any atom is 0.327 e. The Bertz CT molecular complexity index is 417. The largest absolute Gasteiger partial charge is 0.480 e. The first kappa shape index (κ1) is 12.0. The molecule has 1 amide bonds. The summed E-state index contributed by atoms with van der Waals surface area (Å²) in [5.74, 6) is -0.787. The van der Waals surface area contributed by atoms with E-state index in [1.807, 2.05) is 6.92 Å². The van der Waals surface area contributed by atoms with Gasteiger partial charge in [0.05, 0.1) is 17.2 Å². The molecule has 0 aliphatic carbocycles. The number of aliphatic carboxylic acids is 1. The minimum Gasteiger partial charge on any atom is -0.480 e. The second-order valence-electron chi connectivity index (χ2n) is 3.77. The molecule has 2 rings (SSSR count). The third-order valence-electron chi connectivity index (χ3n) is 2.73. The van der Waals surface area contributed by atoms with E-state index in [0.29, 0.717) is 11.3 Å². The van der Waals surface area contributed by atoms with Gasteiger partial charge in [0, 0.05) is 5.75 Å². The molecule has 0 radical (unpaired) electrons. The van der Waals surface area contributed by atoms with Crippen molar-refractivity contribution in [2.45, 2.75) is 24.8 Å². The van der Waals surface area contributed by atoms with Crippen molar-refractivity contribution in [2.75, 3.05) is 5.75 Å². The van der Waals surface area contributed by atoms with Crippen LogP contribution in [0.2, 0.25) is 0 Å². The summed E-state index contributed by atoms with van der Waals surface area (Å²) >= 11 is 1.51. The first-order valence-corrected chi connectivity index (χ1v) is 6.39. The van der Waals surface area contributed by atoms with Crippen LogP contribution < -0.4 is 0 Å². The maximum absolute atomic E-state index is 12.2. The average Bonchev–Trinajstić information content (AvgIpc) is 2.96. The molecule has 1 aromatic rings. The van der Waals surface area contributed by atoms with Crippen LogP contribution in [0.4, 0.5) is 0 Å². The van der Waals surface area contributed by atoms with Gasteiger partial charge in [-0.25, -0.2) is 4.79 Å². The van der Waals surface area contributed by atoms with E-state index in [1.54, 1.807) is 6.07 Å². The van der Waals surface area contributed by atoms with Gasteiger partial charge in [0.25, 0.3) is 5.91 Å². The normalized spacial score (nSPS) is 23.9. The summed E-state index contributed by atoms with van der Waals surface area (Å²) in [6.07, 6.45) is 3.49. The van der Waals surface area contributed by atoms with Crippen molar-refractivity contribution in [1.29, 1.82) is 0 Å². The fraction of sp³-hybridized carbons (Fsp3) is 0.455. The van der Waals surface area contributed by atoms with Crippen molar-refractivity contribution in [3.63, 3.8) is 0 Å². The molecule has 0 aromatic carbocycles. The van der Waals surface area contributed by atoms with E-state index in [4.69, 9.17) is 9.52 Å². The molecule has 1 aliphatic heterocycles. The summed E-state index contributed by atoms with van der Waals surface area (Å²) in [4.78, 5) is 24.7. The van der Waals surface area contributed by atoms with Crippen molar-refractivity contribution in [3.8, 4) is 0 Å². The second-order valence-corrected chi connectivity index (χ2v) is 4.99. The first-order chi connectivity index (χ1) is 8.15. The third kappa shape index (κ3) is 2.17. The Morgan fingerprint density at radius 3 is 2.94 bits per heavy atom. The number of carbonyl (C=O) groups excluding carboxylic acids is 1. The highest BCUT2D eigenvalue weighted by Gasteiger charge is 2.41. The standard InChI is InChI=1S/C11H13NO4S/c1-2-9-12(8(6-17-9)11(14)15)10(13)7-3-4-16-5-7/h3-5,8-9H,2,6H2,1H3,(H,14,15). The highest BCUT2D eigenvalue weighted by atomic mass is 32.2. The molecule has 1 saturated heterocycles. The number of thioether (sulfide) groups is 1. The third-order valence-corrected chi connectivity index (χ3v) is 4.18. The Morgan fingerprint density at radius 2 is 2.41 bits per heavy atom. The van der Waals surface area contributed by atoms with Gasteiger partial charge < -0.3 is 14.4 Å². The molecule has 1 fully saturated rings. The Labute approximate surface area is 103 Å². The van der Waals surface area contributed by atoms with Crippen LogP contribution in [0.15, 0.2) is 23.0 Å². The maximum atomic E-state index is 12.2. The molecule has 6 heteroatoms. The monoisotopic (exact) mass is 255 g/mol. The zero-order valence-electron chi connectivity index (χ0n) is 9.33. The van der Waals surface area contributed by atoms with Gasteiger partial charge in [-0.1, -0.05) is 6.92 Å². The summed E-state index contributed by atoms with van der Waals surface area (Å²) in [6, 6.07) is 0.809. The lowest BCUT2D eigenvalue weighted by Gasteiger charge is -2.26. The quantitative estimate of drug-likeness (QED) is 0.889. The molecule has 1 N–H and O–H groups in total. The Balaban J connectivity index is 2.25. The predicted octanol–water partition coefficient (Wildman–Crippen LogP) is 1.66. The molecule has 1 aliphatic rings. The smallest absolute Gasteiger partial charge is 0.327 e. The molecule has 0 saturated carbocycles. The predicted molar refractivity (Wildman–Crippen MR) is 62.8 cm³/mol. The van der Waals surface area contributed by atoms with Gasteiger partial charge in [-0.3, -0.25) is 4.79 Å². The minimum atomic E-state index is -0.953. The van der Waals surface area contributed by atoms with Crippen LogP contribution in [0.5, 0.6) is 0 Å². The number of carboxylic acids is 1. The SMILES string of the molecule is CCC1SCC(C(=O)O)N1C(=O)c1ccoc1. The molecule has 92 valence electrons. The molecule has 5 nitrogen and oxygen atoms in total. The molecular formula is C11H13NO4S. The summed E-state index contributed by atoms with van der Waals surface area (Å²) in [6.45, 7) is 1.94. The van der Waals surface area contributed by atoms with Gasteiger partial charge in [0.1, 0.15) is 12.3 Å². The molecule has 0 spiro atoms. The number of carboxylic acid groups (broad SMARTS) is 1. The van der Waals surface area contributed by atoms with E-state index >= 15 is 0 Å². The van der Waals surface area contributed by atoms with Gasteiger partial charge in [0.2, 0.25) is 0 Å². The van der Waals surface area contributed by atoms with Crippen LogP contribution in [0.1, 0.15) is 23.7 Å². The fourth-order valence-electron chi connectivity index (χ4n) is 1.88. The Hall–Kier alpha value is -1.43. The number of amides is 1. The Morgan fingerprint density at radius 1 is 1.65 bits per heavy atom. The number of nitrogens with zero attached hydrogens (tertiary/aromatic N) is 1. The van der Waals surface area contributed by atoms with E-state index in [9.17, 15) is 9.59 Å². The van der Waals surface area contributed by atoms with E-state index in [2.05, 4.69) is 0 Å². The Kier molecular flexibility index (Phi) is 3.42. The topological polar surface area (TPSA) is 70.8 Å². The van der Waals surface area contributed by atoms with Crippen molar-refractivity contribution in [3.05, 3.63) is 24.2 Å². The van der Waals surface area contributed by atoms with E-state index in [-0.39, 0.29) is 11.3 Å². The summed E-state index contributed by atoms with van der Waals surface area (Å²) < 4.78 is 4.86. The van der Waals surface area contributed by atoms with Gasteiger partial charge in [-0.05, 0) is 12.5 Å². The minimum absolute atomic E-state index is 0.0708. The number of rotatable bonds is 3. The van der Waals surface area contributed by atoms with Crippen LogP contribution in [-0.4, -0.2) is 39.1 Å². The summed E-state index contributed by atoms with van der Waals surface area (Å²) in [7, 11) is 0. The second kappa shape index (κ2) is 4.83. The molecule has 1 aromatic heterocycles. The van der Waals surface area contributed by atoms with E-state index < -0.39 is 12.0 Å². The summed E-state index contributed by atoms with van der Waals surface area (Å²) in [5.41, 5.74) is 0.400. The van der Waals surface area contributed by atoms with Crippen LogP contribution in [0.25, 0.3) is 0 Å². The van der Waals surface area contributed by atoms with E-state index in [0.717, 1.165) is 6.42 Å². The lowest BCUT2D eigenvalue weighted by Crippen LogP contribution is -2.45. The number of furan rings is 1. The molecular weight excluding hydrogens is 242 g/mol. The molecule has 2 heterocycles. The molecule has 2 atom stereocenters.